The molecule has 0 saturated carbocycles. The second-order valence-electron chi connectivity index (χ2n) is 4.78. The molecule has 0 spiro atoms. The molecule has 5 nitrogen and oxygen atoms in total. The SMILES string of the molecule is COCC1=CCN(S(=O)(=O)c2cc(C)c(CN)s2)CC1. The first kappa shape index (κ1) is 15.7. The molecule has 0 radical (unpaired) electrons. The fourth-order valence-corrected chi connectivity index (χ4v) is 5.18. The van der Waals surface area contributed by atoms with Gasteiger partial charge in [0, 0.05) is 31.6 Å². The van der Waals surface area contributed by atoms with Gasteiger partial charge < -0.3 is 10.5 Å². The van der Waals surface area contributed by atoms with Gasteiger partial charge in [-0.25, -0.2) is 8.42 Å². The van der Waals surface area contributed by atoms with Crippen molar-refractivity contribution in [3.63, 3.8) is 0 Å². The van der Waals surface area contributed by atoms with E-state index in [0.29, 0.717) is 30.5 Å². The van der Waals surface area contributed by atoms with E-state index in [4.69, 9.17) is 10.5 Å². The van der Waals surface area contributed by atoms with E-state index in [9.17, 15) is 8.42 Å². The Hall–Kier alpha value is -0.730. The van der Waals surface area contributed by atoms with E-state index in [0.717, 1.165) is 22.4 Å². The van der Waals surface area contributed by atoms with Crippen LogP contribution in [0.3, 0.4) is 0 Å². The summed E-state index contributed by atoms with van der Waals surface area (Å²) >= 11 is 1.27. The highest BCUT2D eigenvalue weighted by Gasteiger charge is 2.28. The van der Waals surface area contributed by atoms with Gasteiger partial charge in [-0.1, -0.05) is 6.08 Å². The van der Waals surface area contributed by atoms with Crippen LogP contribution in [-0.4, -0.2) is 39.5 Å². The number of nitrogens with zero attached hydrogens (tertiary/aromatic N) is 1. The molecule has 2 rings (SSSR count). The molecule has 7 heteroatoms. The van der Waals surface area contributed by atoms with Crippen molar-refractivity contribution in [2.45, 2.75) is 24.1 Å². The van der Waals surface area contributed by atoms with Crippen molar-refractivity contribution in [1.82, 2.24) is 4.31 Å². The Labute approximate surface area is 124 Å². The third kappa shape index (κ3) is 3.12. The first-order valence-corrected chi connectivity index (χ1v) is 8.71. The zero-order chi connectivity index (χ0) is 14.8. The van der Waals surface area contributed by atoms with E-state index in [-0.39, 0.29) is 0 Å². The van der Waals surface area contributed by atoms with Crippen molar-refractivity contribution >= 4 is 21.4 Å². The molecule has 0 fully saturated rings. The fourth-order valence-electron chi connectivity index (χ4n) is 2.17. The summed E-state index contributed by atoms with van der Waals surface area (Å²) in [6.07, 6.45) is 2.66. The highest BCUT2D eigenvalue weighted by Crippen LogP contribution is 2.29. The molecule has 0 atom stereocenters. The average Bonchev–Trinajstić information content (AvgIpc) is 2.82. The zero-order valence-corrected chi connectivity index (χ0v) is 13.4. The first-order valence-electron chi connectivity index (χ1n) is 6.45. The second-order valence-corrected chi connectivity index (χ2v) is 8.09. The normalized spacial score (nSPS) is 17.2. The number of ether oxygens (including phenoxy) is 1. The van der Waals surface area contributed by atoms with Gasteiger partial charge in [-0.2, -0.15) is 4.31 Å². The van der Waals surface area contributed by atoms with E-state index in [1.54, 1.807) is 13.2 Å². The van der Waals surface area contributed by atoms with Gasteiger partial charge in [0.2, 0.25) is 0 Å². The van der Waals surface area contributed by atoms with Crippen molar-refractivity contribution in [1.29, 1.82) is 0 Å². The monoisotopic (exact) mass is 316 g/mol. The number of rotatable bonds is 5. The molecule has 112 valence electrons. The van der Waals surface area contributed by atoms with Crippen LogP contribution in [0.4, 0.5) is 0 Å². The Morgan fingerprint density at radius 1 is 1.50 bits per heavy atom. The predicted molar refractivity (Wildman–Crippen MR) is 80.3 cm³/mol. The number of hydrogen-bond donors (Lipinski definition) is 1. The van der Waals surface area contributed by atoms with Crippen molar-refractivity contribution in [2.75, 3.05) is 26.8 Å². The molecule has 20 heavy (non-hydrogen) atoms. The van der Waals surface area contributed by atoms with Gasteiger partial charge in [0.1, 0.15) is 4.21 Å². The van der Waals surface area contributed by atoms with Gasteiger partial charge in [0.25, 0.3) is 10.0 Å². The lowest BCUT2D eigenvalue weighted by Gasteiger charge is -2.25. The molecular formula is C13H20N2O3S2. The molecular weight excluding hydrogens is 296 g/mol. The van der Waals surface area contributed by atoms with Gasteiger partial charge in [-0.3, -0.25) is 0 Å². The summed E-state index contributed by atoms with van der Waals surface area (Å²) in [4.78, 5) is 0.927. The Morgan fingerprint density at radius 3 is 2.75 bits per heavy atom. The van der Waals surface area contributed by atoms with Gasteiger partial charge >= 0.3 is 0 Å². The second kappa shape index (κ2) is 6.36. The van der Waals surface area contributed by atoms with Crippen LogP contribution in [0.5, 0.6) is 0 Å². The fraction of sp³-hybridized carbons (Fsp3) is 0.538. The van der Waals surface area contributed by atoms with Crippen LogP contribution in [0.1, 0.15) is 16.9 Å². The minimum atomic E-state index is -3.40. The Morgan fingerprint density at radius 2 is 2.25 bits per heavy atom. The molecule has 2 heterocycles. The quantitative estimate of drug-likeness (QED) is 0.835. The number of sulfonamides is 1. The van der Waals surface area contributed by atoms with Crippen molar-refractivity contribution in [3.8, 4) is 0 Å². The Kier molecular flexibility index (Phi) is 4.98. The largest absolute Gasteiger partial charge is 0.380 e. The van der Waals surface area contributed by atoms with E-state index < -0.39 is 10.0 Å². The molecule has 2 N–H and O–H groups in total. The van der Waals surface area contributed by atoms with Gasteiger partial charge in [0.15, 0.2) is 0 Å². The maximum atomic E-state index is 12.6. The summed E-state index contributed by atoms with van der Waals surface area (Å²) in [5.74, 6) is 0. The molecule has 0 aliphatic carbocycles. The lowest BCUT2D eigenvalue weighted by atomic mass is 10.1. The Balaban J connectivity index is 2.19. The number of nitrogens with two attached hydrogens (primary N) is 1. The topological polar surface area (TPSA) is 72.6 Å². The molecule has 0 unspecified atom stereocenters. The predicted octanol–water partition coefficient (Wildman–Crippen LogP) is 1.48. The molecule has 1 aromatic rings. The van der Waals surface area contributed by atoms with Crippen molar-refractivity contribution in [2.24, 2.45) is 5.73 Å². The van der Waals surface area contributed by atoms with E-state index in [1.807, 2.05) is 13.0 Å². The van der Waals surface area contributed by atoms with Crippen molar-refractivity contribution < 1.29 is 13.2 Å². The summed E-state index contributed by atoms with van der Waals surface area (Å²) in [6, 6.07) is 1.72. The van der Waals surface area contributed by atoms with E-state index in [2.05, 4.69) is 0 Å². The van der Waals surface area contributed by atoms with Gasteiger partial charge in [0.05, 0.1) is 6.61 Å². The van der Waals surface area contributed by atoms with Crippen LogP contribution in [-0.2, 0) is 21.3 Å². The molecule has 1 aliphatic heterocycles. The minimum Gasteiger partial charge on any atom is -0.380 e. The Bertz CT molecular complexity index is 605. The molecule has 1 aliphatic rings. The zero-order valence-electron chi connectivity index (χ0n) is 11.8. The van der Waals surface area contributed by atoms with Crippen LogP contribution in [0.2, 0.25) is 0 Å². The van der Waals surface area contributed by atoms with Crippen LogP contribution in [0.25, 0.3) is 0 Å². The number of thiophene rings is 1. The van der Waals surface area contributed by atoms with Crippen molar-refractivity contribution in [3.05, 3.63) is 28.2 Å². The van der Waals surface area contributed by atoms with Crippen LogP contribution in [0.15, 0.2) is 21.9 Å². The van der Waals surface area contributed by atoms with Gasteiger partial charge in [-0.15, -0.1) is 11.3 Å². The summed E-state index contributed by atoms with van der Waals surface area (Å²) in [6.45, 7) is 3.76. The maximum absolute atomic E-state index is 12.6. The first-order chi connectivity index (χ1) is 9.48. The molecule has 1 aromatic heterocycles. The minimum absolute atomic E-state index is 0.379. The van der Waals surface area contributed by atoms with E-state index in [1.165, 1.54) is 15.6 Å². The molecule has 0 aromatic carbocycles. The standard InChI is InChI=1S/C13H20N2O3S2/c1-10-7-13(19-12(10)8-14)20(16,17)15-5-3-11(4-6-15)9-18-2/h3,7H,4-6,8-9,14H2,1-2H3. The number of hydrogen-bond acceptors (Lipinski definition) is 5. The van der Waals surface area contributed by atoms with E-state index >= 15 is 0 Å². The third-order valence-electron chi connectivity index (χ3n) is 3.37. The lowest BCUT2D eigenvalue weighted by molar-refractivity contribution is 0.219. The summed E-state index contributed by atoms with van der Waals surface area (Å²) in [7, 11) is -1.76. The molecule has 0 amide bonds. The lowest BCUT2D eigenvalue weighted by Crippen LogP contribution is -2.34. The third-order valence-corrected chi connectivity index (χ3v) is 6.95. The summed E-state index contributed by atoms with van der Waals surface area (Å²) < 4.78 is 32.1. The number of methoxy groups -OCH3 is 1. The molecule has 0 bridgehead atoms. The molecule has 0 saturated heterocycles. The number of aryl methyl sites for hydroxylation is 1. The average molecular weight is 316 g/mol. The summed E-state index contributed by atoms with van der Waals surface area (Å²) in [5, 5.41) is 0. The highest BCUT2D eigenvalue weighted by atomic mass is 32.2. The highest BCUT2D eigenvalue weighted by molar-refractivity contribution is 7.91. The van der Waals surface area contributed by atoms with Crippen LogP contribution in [0, 0.1) is 6.92 Å². The smallest absolute Gasteiger partial charge is 0.252 e. The summed E-state index contributed by atoms with van der Waals surface area (Å²) in [5.41, 5.74) is 7.72. The van der Waals surface area contributed by atoms with Gasteiger partial charge in [-0.05, 0) is 30.5 Å². The van der Waals surface area contributed by atoms with Crippen LogP contribution >= 0.6 is 11.3 Å². The van der Waals surface area contributed by atoms with Crippen LogP contribution < -0.4 is 5.73 Å². The maximum Gasteiger partial charge on any atom is 0.252 e.